The maximum absolute atomic E-state index is 13.2. The van der Waals surface area contributed by atoms with Gasteiger partial charge in [-0.15, -0.1) is 0 Å². The molecule has 4 aliphatic heterocycles. The first kappa shape index (κ1) is 46.0. The van der Waals surface area contributed by atoms with Crippen molar-refractivity contribution in [3.63, 3.8) is 0 Å². The molecule has 7 rings (SSSR count). The van der Waals surface area contributed by atoms with E-state index in [-0.39, 0.29) is 28.1 Å². The van der Waals surface area contributed by atoms with Crippen molar-refractivity contribution >= 4 is 29.7 Å². The third-order valence-electron chi connectivity index (χ3n) is 15.5. The Hall–Kier alpha value is -3.98. The van der Waals surface area contributed by atoms with Gasteiger partial charge in [0, 0.05) is 97.5 Å². The monoisotopic (exact) mass is 853 g/mol. The SMILES string of the molecule is CCCC(C/C=C(\C=NC)NC1N=CC2=C(CC1C)CN(C1=CC(C)C3OCCNC3=C1C)CC2)CCCCC1CCN(c2ccc(C3(C)CCC(=O)C(C)C3=O)c(C)c2)CC1.[HH].[HH].[HH]. The van der Waals surface area contributed by atoms with Crippen molar-refractivity contribution in [2.45, 2.75) is 150 Å². The van der Waals surface area contributed by atoms with E-state index in [9.17, 15) is 9.59 Å². The van der Waals surface area contributed by atoms with Crippen LogP contribution in [0.3, 0.4) is 0 Å². The fourth-order valence-corrected chi connectivity index (χ4v) is 11.6. The second-order valence-corrected chi connectivity index (χ2v) is 20.1. The topological polar surface area (TPSA) is 98.6 Å². The number of Topliss-reactive ketones (excluding diaryl/α,β-unsaturated/α-hetero) is 2. The number of carbonyl (C=O) groups excluding carboxylic acids is 2. The molecule has 2 N–H and O–H groups in total. The average Bonchev–Trinajstić information content (AvgIpc) is 3.43. The van der Waals surface area contributed by atoms with Crippen LogP contribution in [0.2, 0.25) is 0 Å². The molecule has 0 bridgehead atoms. The molecule has 0 radical (unpaired) electrons. The van der Waals surface area contributed by atoms with Gasteiger partial charge in [0.15, 0.2) is 5.78 Å². The molecular weight excluding hydrogens is 769 g/mol. The number of aliphatic imine (C=N–C) groups is 2. The number of carbonyl (C=O) groups is 2. The van der Waals surface area contributed by atoms with E-state index in [1.54, 1.807) is 6.92 Å². The minimum atomic E-state index is -0.568. The summed E-state index contributed by atoms with van der Waals surface area (Å²) in [6.07, 6.45) is 23.6. The summed E-state index contributed by atoms with van der Waals surface area (Å²) in [6.45, 7) is 21.0. The summed E-state index contributed by atoms with van der Waals surface area (Å²) in [5.41, 5.74) is 11.0. The summed E-state index contributed by atoms with van der Waals surface area (Å²) in [4.78, 5) is 40.2. The molecule has 0 amide bonds. The summed E-state index contributed by atoms with van der Waals surface area (Å²) in [6, 6.07) is 6.66. The molecule has 3 fully saturated rings. The first-order chi connectivity index (χ1) is 29.9. The van der Waals surface area contributed by atoms with Crippen LogP contribution in [0.25, 0.3) is 0 Å². The Bertz CT molecular complexity index is 1980. The molecule has 1 aromatic rings. The normalized spacial score (nSPS) is 29.4. The number of allylic oxidation sites excluding steroid dienone is 3. The molecule has 0 spiro atoms. The second kappa shape index (κ2) is 20.7. The fraction of sp³-hybridized carbons (Fsp3) is 0.660. The highest BCUT2D eigenvalue weighted by atomic mass is 16.5. The largest absolute Gasteiger partial charge is 0.384 e. The first-order valence-corrected chi connectivity index (χ1v) is 24.5. The maximum Gasteiger partial charge on any atom is 0.153 e. The van der Waals surface area contributed by atoms with Crippen LogP contribution in [0, 0.1) is 36.5 Å². The summed E-state index contributed by atoms with van der Waals surface area (Å²) < 4.78 is 6.16. The number of benzene rings is 1. The van der Waals surface area contributed by atoms with Crippen LogP contribution in [-0.2, 0) is 19.7 Å². The van der Waals surface area contributed by atoms with Crippen molar-refractivity contribution in [2.24, 2.45) is 39.6 Å². The van der Waals surface area contributed by atoms with Crippen LogP contribution in [0.1, 0.15) is 140 Å². The van der Waals surface area contributed by atoms with Crippen LogP contribution in [-0.4, -0.2) is 87.5 Å². The maximum atomic E-state index is 13.2. The smallest absolute Gasteiger partial charge is 0.153 e. The Kier molecular flexibility index (Phi) is 15.4. The van der Waals surface area contributed by atoms with Gasteiger partial charge in [0.25, 0.3) is 0 Å². The highest BCUT2D eigenvalue weighted by molar-refractivity contribution is 6.09. The zero-order valence-electron chi connectivity index (χ0n) is 39.5. The van der Waals surface area contributed by atoms with Crippen LogP contribution >= 0.6 is 0 Å². The lowest BCUT2D eigenvalue weighted by Crippen LogP contribution is -2.44. The molecule has 344 valence electrons. The van der Waals surface area contributed by atoms with Crippen LogP contribution in [0.4, 0.5) is 5.69 Å². The number of piperidine rings is 1. The molecule has 2 aliphatic carbocycles. The van der Waals surface area contributed by atoms with E-state index in [1.165, 1.54) is 90.7 Å². The van der Waals surface area contributed by atoms with E-state index in [0.717, 1.165) is 75.8 Å². The van der Waals surface area contributed by atoms with E-state index < -0.39 is 11.3 Å². The van der Waals surface area contributed by atoms with Gasteiger partial charge in [0.1, 0.15) is 18.1 Å². The number of aryl methyl sites for hydroxylation is 1. The van der Waals surface area contributed by atoms with Crippen molar-refractivity contribution in [2.75, 3.05) is 51.3 Å². The van der Waals surface area contributed by atoms with Crippen molar-refractivity contribution in [1.29, 1.82) is 0 Å². The predicted octanol–water partition coefficient (Wildman–Crippen LogP) is 10.6. The lowest BCUT2D eigenvalue weighted by atomic mass is 9.65. The summed E-state index contributed by atoms with van der Waals surface area (Å²) >= 11 is 0. The van der Waals surface area contributed by atoms with Crippen molar-refractivity contribution in [3.8, 4) is 0 Å². The van der Waals surface area contributed by atoms with E-state index in [0.29, 0.717) is 30.6 Å². The van der Waals surface area contributed by atoms with Gasteiger partial charge in [-0.3, -0.25) is 19.6 Å². The van der Waals surface area contributed by atoms with Crippen LogP contribution in [0.5, 0.6) is 0 Å². The number of ether oxygens (including phenoxy) is 1. The van der Waals surface area contributed by atoms with Gasteiger partial charge in [0.05, 0.1) is 17.9 Å². The summed E-state index contributed by atoms with van der Waals surface area (Å²) in [5, 5.41) is 7.49. The quantitative estimate of drug-likeness (QED) is 0.103. The summed E-state index contributed by atoms with van der Waals surface area (Å²) in [5.74, 6) is 1.87. The number of fused-ring (bicyclic) bond motifs is 1. The van der Waals surface area contributed by atoms with Gasteiger partial charge in [-0.1, -0.05) is 77.5 Å². The van der Waals surface area contributed by atoms with Gasteiger partial charge in [-0.2, -0.15) is 0 Å². The number of rotatable bonds is 15. The zero-order chi connectivity index (χ0) is 44.0. The van der Waals surface area contributed by atoms with Crippen molar-refractivity contribution in [1.82, 2.24) is 15.5 Å². The molecular formula is C53H84N6O3. The number of hydrogen-bond acceptors (Lipinski definition) is 9. The van der Waals surface area contributed by atoms with Crippen LogP contribution in [0.15, 0.2) is 74.1 Å². The highest BCUT2D eigenvalue weighted by Gasteiger charge is 2.45. The predicted molar refractivity (Wildman–Crippen MR) is 262 cm³/mol. The van der Waals surface area contributed by atoms with E-state index in [1.807, 2.05) is 20.2 Å². The van der Waals surface area contributed by atoms with Crippen LogP contribution < -0.4 is 15.5 Å². The number of anilines is 1. The number of morpholine rings is 1. The highest BCUT2D eigenvalue weighted by Crippen LogP contribution is 2.41. The van der Waals surface area contributed by atoms with Gasteiger partial charge in [0.2, 0.25) is 0 Å². The molecule has 1 saturated carbocycles. The van der Waals surface area contributed by atoms with Gasteiger partial charge in [-0.05, 0) is 118 Å². The molecule has 7 atom stereocenters. The molecule has 9 heteroatoms. The molecule has 9 nitrogen and oxygen atoms in total. The molecule has 6 aliphatic rings. The molecule has 4 heterocycles. The van der Waals surface area contributed by atoms with Gasteiger partial charge >= 0.3 is 0 Å². The fourth-order valence-electron chi connectivity index (χ4n) is 11.6. The Labute approximate surface area is 378 Å². The Morgan fingerprint density at radius 2 is 1.90 bits per heavy atom. The first-order valence-electron chi connectivity index (χ1n) is 24.5. The standard InChI is InChI=1S/C53H78N6O3.3H2/c1-9-12-40(13-10-11-14-41-20-25-58(26-21-41)45-17-18-46(35(2)30-45)53(7)23-19-48(60)39(6)51(53)61)15-16-44(33-54-8)57-52-37(4)29-43-34-59(27-22-42(43)32-56-52)47-31-36(3)50-49(38(47)5)55-24-28-62-50;;;/h16-18,30-33,36-37,39-41,50,52,55,57H,9-15,19-29,34H2,1-8H3;3*1H/b44-16+,54-33?;;;. The van der Waals surface area contributed by atoms with Crippen molar-refractivity contribution in [3.05, 3.63) is 75.3 Å². The lowest BCUT2D eigenvalue weighted by Gasteiger charge is -2.41. The Morgan fingerprint density at radius 3 is 2.66 bits per heavy atom. The van der Waals surface area contributed by atoms with E-state index >= 15 is 0 Å². The number of nitrogens with one attached hydrogen (secondary N) is 2. The van der Waals surface area contributed by atoms with Gasteiger partial charge < -0.3 is 25.2 Å². The summed E-state index contributed by atoms with van der Waals surface area (Å²) in [7, 11) is 1.87. The Morgan fingerprint density at radius 1 is 1.10 bits per heavy atom. The minimum Gasteiger partial charge on any atom is -0.384 e. The third-order valence-corrected chi connectivity index (χ3v) is 15.5. The van der Waals surface area contributed by atoms with Crippen molar-refractivity contribution < 1.29 is 18.6 Å². The lowest BCUT2D eigenvalue weighted by molar-refractivity contribution is -0.139. The Balaban J connectivity index is 0.00000308. The zero-order valence-corrected chi connectivity index (χ0v) is 39.5. The third kappa shape index (κ3) is 10.3. The average molecular weight is 853 g/mol. The molecule has 2 saturated heterocycles. The second-order valence-electron chi connectivity index (χ2n) is 20.1. The molecule has 1 aromatic carbocycles. The van der Waals surface area contributed by atoms with Gasteiger partial charge in [-0.25, -0.2) is 0 Å². The molecule has 0 aromatic heterocycles. The number of nitrogens with zero attached hydrogens (tertiary/aromatic N) is 4. The molecule has 7 unspecified atom stereocenters. The number of unbranched alkanes of at least 4 members (excludes halogenated alkanes) is 1. The minimum absolute atomic E-state index is 0. The number of ketones is 2. The van der Waals surface area contributed by atoms with E-state index in [4.69, 9.17) is 9.73 Å². The van der Waals surface area contributed by atoms with E-state index in [2.05, 4.69) is 96.6 Å². The molecule has 62 heavy (non-hydrogen) atoms. The number of hydrogen-bond donors (Lipinski definition) is 2.